The van der Waals surface area contributed by atoms with Gasteiger partial charge in [-0.3, -0.25) is 4.90 Å². The number of phenolic OH excluding ortho intramolecular Hbond substituents is 1. The molecular weight excluding hydrogens is 278 g/mol. The van der Waals surface area contributed by atoms with Gasteiger partial charge in [0.05, 0.1) is 18.8 Å². The molecule has 0 bridgehead atoms. The molecule has 1 N–H and O–H groups in total. The molecule has 0 fully saturated rings. The Hall–Kier alpha value is -1.78. The number of benzene rings is 1. The van der Waals surface area contributed by atoms with E-state index in [-0.39, 0.29) is 17.4 Å². The summed E-state index contributed by atoms with van der Waals surface area (Å²) in [5.74, 6) is 0.772. The lowest BCUT2D eigenvalue weighted by molar-refractivity contribution is 0.0513. The number of nitrogens with zero attached hydrogens (tertiary/aromatic N) is 1. The van der Waals surface area contributed by atoms with Crippen LogP contribution in [-0.2, 0) is 16.7 Å². The summed E-state index contributed by atoms with van der Waals surface area (Å²) in [7, 11) is 3.36. The second-order valence-electron chi connectivity index (χ2n) is 6.23. The van der Waals surface area contributed by atoms with Crippen molar-refractivity contribution in [3.8, 4) is 11.5 Å². The van der Waals surface area contributed by atoms with Crippen molar-refractivity contribution in [2.45, 2.75) is 24.5 Å². The predicted octanol–water partition coefficient (Wildman–Crippen LogP) is 2.37. The van der Waals surface area contributed by atoms with Gasteiger partial charge in [-0.05, 0) is 35.3 Å². The SMILES string of the molecule is COc1cc2c(cc1O)[C@]13CC(OC)C=CC1=CCN3CC2. The van der Waals surface area contributed by atoms with Crippen LogP contribution in [0.15, 0.2) is 35.9 Å². The van der Waals surface area contributed by atoms with Crippen molar-refractivity contribution in [1.82, 2.24) is 4.90 Å². The topological polar surface area (TPSA) is 41.9 Å². The van der Waals surface area contributed by atoms with Crippen LogP contribution >= 0.6 is 0 Å². The molecule has 2 atom stereocenters. The van der Waals surface area contributed by atoms with Gasteiger partial charge < -0.3 is 14.6 Å². The van der Waals surface area contributed by atoms with E-state index in [0.29, 0.717) is 5.75 Å². The molecule has 4 heteroatoms. The van der Waals surface area contributed by atoms with Gasteiger partial charge in [0.1, 0.15) is 0 Å². The normalized spacial score (nSPS) is 29.5. The first kappa shape index (κ1) is 13.9. The van der Waals surface area contributed by atoms with Gasteiger partial charge >= 0.3 is 0 Å². The zero-order valence-corrected chi connectivity index (χ0v) is 13.0. The third-order valence-corrected chi connectivity index (χ3v) is 5.34. The Morgan fingerprint density at radius 2 is 2.18 bits per heavy atom. The van der Waals surface area contributed by atoms with Crippen molar-refractivity contribution in [2.24, 2.45) is 0 Å². The number of aromatic hydroxyl groups is 1. The Kier molecular flexibility index (Phi) is 3.06. The third kappa shape index (κ3) is 1.71. The molecule has 1 unspecified atom stereocenters. The molecule has 0 aromatic heterocycles. The van der Waals surface area contributed by atoms with Crippen molar-refractivity contribution in [3.63, 3.8) is 0 Å². The molecule has 0 amide bonds. The Labute approximate surface area is 130 Å². The van der Waals surface area contributed by atoms with Crippen LogP contribution in [0.2, 0.25) is 0 Å². The highest BCUT2D eigenvalue weighted by molar-refractivity contribution is 5.57. The molecule has 22 heavy (non-hydrogen) atoms. The van der Waals surface area contributed by atoms with Gasteiger partial charge in [0, 0.05) is 26.6 Å². The number of phenols is 1. The molecule has 1 aromatic rings. The lowest BCUT2D eigenvalue weighted by atomic mass is 9.71. The first-order chi connectivity index (χ1) is 10.7. The van der Waals surface area contributed by atoms with Crippen molar-refractivity contribution >= 4 is 0 Å². The molecule has 1 aromatic carbocycles. The fraction of sp³-hybridized carbons (Fsp3) is 0.444. The highest BCUT2D eigenvalue weighted by Crippen LogP contribution is 2.52. The third-order valence-electron chi connectivity index (χ3n) is 5.34. The van der Waals surface area contributed by atoms with Gasteiger partial charge in [-0.1, -0.05) is 18.2 Å². The van der Waals surface area contributed by atoms with Crippen molar-refractivity contribution in [1.29, 1.82) is 0 Å². The standard InChI is InChI=1S/C18H21NO3/c1-21-14-4-3-13-6-8-19-7-5-12-9-17(22-2)16(20)10-15(12)18(13,19)11-14/h3-4,6,9-10,14,20H,5,7-8,11H2,1-2H3/t14?,18-/m0/s1. The summed E-state index contributed by atoms with van der Waals surface area (Å²) in [6, 6.07) is 3.89. The molecule has 1 aliphatic carbocycles. The molecule has 116 valence electrons. The lowest BCUT2D eigenvalue weighted by Crippen LogP contribution is -2.51. The molecule has 3 aliphatic rings. The smallest absolute Gasteiger partial charge is 0.160 e. The maximum absolute atomic E-state index is 10.3. The quantitative estimate of drug-likeness (QED) is 0.910. The largest absolute Gasteiger partial charge is 0.504 e. The van der Waals surface area contributed by atoms with Gasteiger partial charge in [0.2, 0.25) is 0 Å². The van der Waals surface area contributed by atoms with Crippen molar-refractivity contribution < 1.29 is 14.6 Å². The highest BCUT2D eigenvalue weighted by Gasteiger charge is 2.50. The molecular formula is C18H21NO3. The van der Waals surface area contributed by atoms with Gasteiger partial charge in [-0.2, -0.15) is 0 Å². The Morgan fingerprint density at radius 1 is 1.32 bits per heavy atom. The van der Waals surface area contributed by atoms with Crippen LogP contribution in [0.1, 0.15) is 17.5 Å². The minimum absolute atomic E-state index is 0.105. The fourth-order valence-corrected chi connectivity index (χ4v) is 4.24. The first-order valence-electron chi connectivity index (χ1n) is 7.76. The number of ether oxygens (including phenoxy) is 2. The lowest BCUT2D eigenvalue weighted by Gasteiger charge is -2.48. The number of rotatable bonds is 2. The van der Waals surface area contributed by atoms with Crippen molar-refractivity contribution in [2.75, 3.05) is 27.3 Å². The number of fused-ring (bicyclic) bond motifs is 1. The average molecular weight is 299 g/mol. The zero-order chi connectivity index (χ0) is 15.3. The zero-order valence-electron chi connectivity index (χ0n) is 13.0. The fourth-order valence-electron chi connectivity index (χ4n) is 4.24. The van der Waals surface area contributed by atoms with E-state index in [9.17, 15) is 5.11 Å². The minimum Gasteiger partial charge on any atom is -0.504 e. The Bertz CT molecular complexity index is 679. The van der Waals surface area contributed by atoms with E-state index in [1.54, 1.807) is 14.2 Å². The summed E-state index contributed by atoms with van der Waals surface area (Å²) in [5, 5.41) is 10.3. The van der Waals surface area contributed by atoms with Crippen LogP contribution in [0.5, 0.6) is 11.5 Å². The summed E-state index contributed by atoms with van der Waals surface area (Å²) < 4.78 is 10.9. The number of hydrogen-bond acceptors (Lipinski definition) is 4. The number of hydrogen-bond donors (Lipinski definition) is 1. The molecule has 2 aliphatic heterocycles. The Balaban J connectivity index is 1.91. The summed E-state index contributed by atoms with van der Waals surface area (Å²) in [6.45, 7) is 1.98. The van der Waals surface area contributed by atoms with Gasteiger partial charge in [-0.25, -0.2) is 0 Å². The molecule has 0 saturated carbocycles. The Morgan fingerprint density at radius 3 is 2.95 bits per heavy atom. The molecule has 1 spiro atoms. The minimum atomic E-state index is -0.160. The predicted molar refractivity (Wildman–Crippen MR) is 84.3 cm³/mol. The van der Waals surface area contributed by atoms with E-state index in [1.165, 1.54) is 16.7 Å². The van der Waals surface area contributed by atoms with E-state index >= 15 is 0 Å². The van der Waals surface area contributed by atoms with Crippen LogP contribution < -0.4 is 4.74 Å². The highest BCUT2D eigenvalue weighted by atomic mass is 16.5. The monoisotopic (exact) mass is 299 g/mol. The first-order valence-corrected chi connectivity index (χ1v) is 7.76. The van der Waals surface area contributed by atoms with Gasteiger partial charge in [-0.15, -0.1) is 0 Å². The summed E-state index contributed by atoms with van der Waals surface area (Å²) in [6.07, 6.45) is 8.61. The van der Waals surface area contributed by atoms with Crippen LogP contribution in [0.3, 0.4) is 0 Å². The molecule has 0 saturated heterocycles. The van der Waals surface area contributed by atoms with Crippen LogP contribution in [0.4, 0.5) is 0 Å². The van der Waals surface area contributed by atoms with E-state index in [1.807, 2.05) is 12.1 Å². The number of methoxy groups -OCH3 is 2. The summed E-state index contributed by atoms with van der Waals surface area (Å²) in [4.78, 5) is 2.51. The van der Waals surface area contributed by atoms with Gasteiger partial charge in [0.25, 0.3) is 0 Å². The van der Waals surface area contributed by atoms with Crippen molar-refractivity contribution in [3.05, 3.63) is 47.1 Å². The van der Waals surface area contributed by atoms with Crippen LogP contribution in [0, 0.1) is 0 Å². The van der Waals surface area contributed by atoms with Gasteiger partial charge in [0.15, 0.2) is 11.5 Å². The van der Waals surface area contributed by atoms with E-state index < -0.39 is 0 Å². The second-order valence-corrected chi connectivity index (χ2v) is 6.23. The maximum atomic E-state index is 10.3. The summed E-state index contributed by atoms with van der Waals surface area (Å²) >= 11 is 0. The van der Waals surface area contributed by atoms with E-state index in [0.717, 1.165) is 25.9 Å². The average Bonchev–Trinajstić information content (AvgIpc) is 2.93. The summed E-state index contributed by atoms with van der Waals surface area (Å²) in [5.41, 5.74) is 3.63. The second kappa shape index (κ2) is 4.86. The molecule has 0 radical (unpaired) electrons. The molecule has 4 rings (SSSR count). The molecule has 4 nitrogen and oxygen atoms in total. The molecule has 2 heterocycles. The van der Waals surface area contributed by atoms with Crippen LogP contribution in [0.25, 0.3) is 0 Å². The van der Waals surface area contributed by atoms with E-state index in [4.69, 9.17) is 9.47 Å². The van der Waals surface area contributed by atoms with E-state index in [2.05, 4.69) is 23.1 Å². The maximum Gasteiger partial charge on any atom is 0.160 e. The van der Waals surface area contributed by atoms with Crippen LogP contribution in [-0.4, -0.2) is 43.4 Å².